The zero-order chi connectivity index (χ0) is 65.4. The molecule has 2 aliphatic carbocycles. The lowest BCUT2D eigenvalue weighted by atomic mass is 9.84. The van der Waals surface area contributed by atoms with Crippen molar-refractivity contribution in [3.8, 4) is 11.5 Å². The number of fused-ring (bicyclic) bond motifs is 2. The number of anilines is 2. The maximum absolute atomic E-state index is 14.9. The number of esters is 2. The number of phenols is 1. The Bertz CT molecular complexity index is 3080. The summed E-state index contributed by atoms with van der Waals surface area (Å²) in [6, 6.07) is 21.4. The van der Waals surface area contributed by atoms with E-state index in [1.54, 1.807) is 123 Å². The molecule has 4 aromatic carbocycles. The zero-order valence-electron chi connectivity index (χ0n) is 54.5. The Morgan fingerprint density at radius 3 is 1.34 bits per heavy atom. The molecule has 2 saturated carbocycles. The van der Waals surface area contributed by atoms with Crippen LogP contribution in [-0.4, -0.2) is 113 Å². The van der Waals surface area contributed by atoms with Crippen molar-refractivity contribution < 1.29 is 66.3 Å². The van der Waals surface area contributed by atoms with Gasteiger partial charge < -0.3 is 38.6 Å². The molecule has 488 valence electrons. The maximum atomic E-state index is 14.9. The molecule has 0 aromatic heterocycles. The van der Waals surface area contributed by atoms with Crippen molar-refractivity contribution in [1.82, 2.24) is 9.80 Å². The van der Waals surface area contributed by atoms with E-state index in [2.05, 4.69) is 0 Å². The number of benzene rings is 4. The number of ether oxygens (including phenoxy) is 5. The lowest BCUT2D eigenvalue weighted by Gasteiger charge is -2.29. The molecule has 19 heteroatoms. The highest BCUT2D eigenvalue weighted by Gasteiger charge is 2.33. The molecule has 16 nitrogen and oxygen atoms in total. The number of carbonyl (C=O) groups is 6. The Kier molecular flexibility index (Phi) is 25.3. The molecule has 4 aromatic rings. The first kappa shape index (κ1) is 71.1. The highest BCUT2D eigenvalue weighted by molar-refractivity contribution is 6.17. The summed E-state index contributed by atoms with van der Waals surface area (Å²) in [6.07, 6.45) is 12.0. The van der Waals surface area contributed by atoms with Crippen LogP contribution in [-0.2, 0) is 63.5 Å². The summed E-state index contributed by atoms with van der Waals surface area (Å²) in [6.45, 7) is 21.6. The summed E-state index contributed by atoms with van der Waals surface area (Å²) in [7, 11) is 0. The third-order valence-electron chi connectivity index (χ3n) is 15.3. The molecule has 0 radical (unpaired) electrons. The second-order valence-electron chi connectivity index (χ2n) is 27.5. The molecule has 2 aliphatic heterocycles. The normalized spacial score (nSPS) is 15.3. The summed E-state index contributed by atoms with van der Waals surface area (Å²) in [5.41, 5.74) is 3.82. The van der Waals surface area contributed by atoms with Crippen LogP contribution in [0, 0.1) is 11.6 Å². The first-order valence-corrected chi connectivity index (χ1v) is 32.0. The van der Waals surface area contributed by atoms with E-state index in [9.17, 15) is 42.7 Å². The minimum atomic E-state index is -0.763. The lowest BCUT2D eigenvalue weighted by molar-refractivity contribution is -0.156. The van der Waals surface area contributed by atoms with Gasteiger partial charge >= 0.3 is 24.1 Å². The monoisotopic (exact) mass is 1260 g/mol. The van der Waals surface area contributed by atoms with Crippen LogP contribution in [0.5, 0.6) is 11.5 Å². The third kappa shape index (κ3) is 23.1. The lowest BCUT2D eigenvalue weighted by Crippen LogP contribution is -2.45. The molecule has 8 rings (SSSR count). The van der Waals surface area contributed by atoms with Gasteiger partial charge in [0.15, 0.2) is 0 Å². The van der Waals surface area contributed by atoms with E-state index in [0.29, 0.717) is 60.3 Å². The Balaban J connectivity index is 0.000000240. The van der Waals surface area contributed by atoms with E-state index in [1.807, 2.05) is 36.4 Å². The number of rotatable bonds is 16. The van der Waals surface area contributed by atoms with Gasteiger partial charge in [-0.25, -0.2) is 18.4 Å². The molecule has 4 amide bonds. The van der Waals surface area contributed by atoms with Crippen LogP contribution in [0.15, 0.2) is 72.8 Å². The first-order chi connectivity index (χ1) is 41.7. The highest BCUT2D eigenvalue weighted by atomic mass is 35.5. The Hall–Kier alpha value is -6.95. The van der Waals surface area contributed by atoms with E-state index < -0.39 is 46.5 Å². The molecule has 0 saturated heterocycles. The van der Waals surface area contributed by atoms with Gasteiger partial charge in [-0.2, -0.15) is 0 Å². The van der Waals surface area contributed by atoms with Gasteiger partial charge in [-0.3, -0.25) is 29.0 Å². The summed E-state index contributed by atoms with van der Waals surface area (Å²) < 4.78 is 56.0. The number of carbonyl (C=O) groups excluding carboxylic acids is 6. The second-order valence-corrected chi connectivity index (χ2v) is 27.7. The van der Waals surface area contributed by atoms with Gasteiger partial charge in [0.2, 0.25) is 11.8 Å². The van der Waals surface area contributed by atoms with Gasteiger partial charge in [-0.05, 0) is 204 Å². The Morgan fingerprint density at radius 2 is 0.933 bits per heavy atom. The van der Waals surface area contributed by atoms with Crippen LogP contribution >= 0.6 is 11.6 Å². The largest absolute Gasteiger partial charge is 0.508 e. The van der Waals surface area contributed by atoms with Crippen LogP contribution in [0.1, 0.15) is 205 Å². The first-order valence-electron chi connectivity index (χ1n) is 31.4. The number of phenolic OH excluding ortho intramolecular Hbond substituents is 1. The van der Waals surface area contributed by atoms with Crippen molar-refractivity contribution in [3.05, 3.63) is 118 Å². The van der Waals surface area contributed by atoms with Gasteiger partial charge in [0.25, 0.3) is 0 Å². The van der Waals surface area contributed by atoms with Crippen molar-refractivity contribution >= 4 is 58.9 Å². The molecule has 1 N–H and O–H groups in total. The van der Waals surface area contributed by atoms with Crippen molar-refractivity contribution in [1.29, 1.82) is 0 Å². The van der Waals surface area contributed by atoms with Crippen molar-refractivity contribution in [3.63, 3.8) is 0 Å². The van der Waals surface area contributed by atoms with Crippen LogP contribution in [0.3, 0.4) is 0 Å². The molecule has 0 unspecified atom stereocenters. The average molecular weight is 1260 g/mol. The molecule has 4 aliphatic rings. The Labute approximate surface area is 530 Å². The van der Waals surface area contributed by atoms with Gasteiger partial charge in [-0.1, -0.05) is 62.8 Å². The molecule has 0 spiro atoms. The summed E-state index contributed by atoms with van der Waals surface area (Å²) in [4.78, 5) is 82.1. The van der Waals surface area contributed by atoms with E-state index in [1.165, 1.54) is 67.2 Å². The number of alkyl halides is 1. The SMILES string of the molecule is CC(C)(C)OC(=O)CCN(CC(=O)N1CCc2cc(O)ccc21)C(=O)OC(C)(C)C.CC(C)(C)OC(=O)CCN(CC(=O)N1CCc2cc(OCc3ccc(C4CCCCC4)cc3F)ccc21)C(=O)OC(C)(C)C.Fc1cc(C2CCCCC2)ccc1CCl. The fourth-order valence-electron chi connectivity index (χ4n) is 11.1. The maximum Gasteiger partial charge on any atom is 0.410 e. The summed E-state index contributed by atoms with van der Waals surface area (Å²) in [5.74, 6) is 0.147. The van der Waals surface area contributed by atoms with Gasteiger partial charge in [0.1, 0.15) is 65.2 Å². The number of nitrogens with zero attached hydrogens (tertiary/aromatic N) is 4. The molecule has 89 heavy (non-hydrogen) atoms. The van der Waals surface area contributed by atoms with E-state index in [4.69, 9.17) is 35.3 Å². The van der Waals surface area contributed by atoms with Crippen molar-refractivity contribution in [2.75, 3.05) is 49.1 Å². The summed E-state index contributed by atoms with van der Waals surface area (Å²) >= 11 is 5.63. The number of hydrogen-bond donors (Lipinski definition) is 1. The van der Waals surface area contributed by atoms with Crippen molar-refractivity contribution in [2.24, 2.45) is 0 Å². The van der Waals surface area contributed by atoms with E-state index in [-0.39, 0.29) is 80.7 Å². The number of hydrogen-bond acceptors (Lipinski definition) is 12. The fourth-order valence-corrected chi connectivity index (χ4v) is 11.3. The van der Waals surface area contributed by atoms with Crippen LogP contribution in [0.2, 0.25) is 0 Å². The summed E-state index contributed by atoms with van der Waals surface area (Å²) in [5, 5.41) is 9.63. The Morgan fingerprint density at radius 1 is 0.528 bits per heavy atom. The molecule has 0 atom stereocenters. The van der Waals surface area contributed by atoms with Crippen LogP contribution < -0.4 is 14.5 Å². The number of amides is 4. The van der Waals surface area contributed by atoms with Crippen LogP contribution in [0.4, 0.5) is 29.7 Å². The van der Waals surface area contributed by atoms with Crippen LogP contribution in [0.25, 0.3) is 0 Å². The van der Waals surface area contributed by atoms with E-state index in [0.717, 1.165) is 40.8 Å². The average Bonchev–Trinajstić information content (AvgIpc) is 3.57. The van der Waals surface area contributed by atoms with Gasteiger partial charge in [-0.15, -0.1) is 11.6 Å². The number of aromatic hydroxyl groups is 1. The molecule has 2 fully saturated rings. The second kappa shape index (κ2) is 31.7. The predicted molar refractivity (Wildman–Crippen MR) is 342 cm³/mol. The number of halogens is 3. The quantitative estimate of drug-likeness (QED) is 0.0638. The zero-order valence-corrected chi connectivity index (χ0v) is 55.3. The topological polar surface area (TPSA) is 182 Å². The smallest absolute Gasteiger partial charge is 0.410 e. The standard InChI is InChI=1S/C35H47FN2O6.C22H32N2O6.C13H16ClF/c1-34(2,3)43-32(40)17-18-37(33(41)44-35(4,5)6)22-31(39)38-19-16-26-20-28(14-15-30(26)38)42-23-27-13-12-25(21-29(27)36)24-10-8-7-9-11-24;1-21(2,3)29-19(27)10-11-23(20(28)30-22(4,5)6)14-18(26)24-12-9-15-13-16(25)7-8-17(15)24;14-9-12-7-6-11(8-13(12)15)10-4-2-1-3-5-10/h12-15,20-21,24H,7-11,16-19,22-23H2,1-6H3;7-8,13,25H,9-12,14H2,1-6H3;6-8,10H,1-5,9H2. The predicted octanol–water partition coefficient (Wildman–Crippen LogP) is 15.2. The fraction of sp³-hybridized carbons (Fsp3) is 0.571. The van der Waals surface area contributed by atoms with Crippen molar-refractivity contribution in [2.45, 2.75) is 220 Å². The highest BCUT2D eigenvalue weighted by Crippen LogP contribution is 2.37. The molecule has 2 heterocycles. The van der Waals surface area contributed by atoms with Gasteiger partial charge in [0, 0.05) is 48.7 Å². The minimum absolute atomic E-state index is 0.00580. The minimum Gasteiger partial charge on any atom is -0.508 e. The third-order valence-corrected chi connectivity index (χ3v) is 15.6. The molecular weight excluding hydrogens is 1160 g/mol. The molecular formula is C70H95ClF2N4O12. The van der Waals surface area contributed by atoms with E-state index >= 15 is 0 Å². The molecule has 0 bridgehead atoms. The van der Waals surface area contributed by atoms with Gasteiger partial charge in [0.05, 0.1) is 18.7 Å².